The molecular weight excluding hydrogens is 219 g/mol. The largest absolute Gasteiger partial charge is 0.433 e. The maximum Gasteiger partial charge on any atom is 0.387 e. The second-order valence-electron chi connectivity index (χ2n) is 3.79. The van der Waals surface area contributed by atoms with Gasteiger partial charge in [0.1, 0.15) is 5.82 Å². The fraction of sp³-hybridized carbons (Fsp3) is 0.455. The minimum absolute atomic E-state index is 0.137. The fourth-order valence-corrected chi connectivity index (χ4v) is 1.58. The summed E-state index contributed by atoms with van der Waals surface area (Å²) in [4.78, 5) is 0. The molecule has 0 bridgehead atoms. The van der Waals surface area contributed by atoms with E-state index in [9.17, 15) is 13.2 Å². The molecule has 88 valence electrons. The van der Waals surface area contributed by atoms with E-state index < -0.39 is 12.4 Å². The summed E-state index contributed by atoms with van der Waals surface area (Å²) in [5, 5.41) is 3.05. The van der Waals surface area contributed by atoms with Crippen LogP contribution in [0, 0.1) is 5.82 Å². The predicted octanol–water partition coefficient (Wildman–Crippen LogP) is 3.39. The molecule has 0 saturated heterocycles. The first-order valence-electron chi connectivity index (χ1n) is 5.16. The van der Waals surface area contributed by atoms with Crippen LogP contribution in [0.3, 0.4) is 0 Å². The van der Waals surface area contributed by atoms with Crippen molar-refractivity contribution in [3.8, 4) is 5.75 Å². The van der Waals surface area contributed by atoms with Crippen LogP contribution in [0.5, 0.6) is 5.75 Å². The van der Waals surface area contributed by atoms with Gasteiger partial charge in [0.05, 0.1) is 5.69 Å². The number of nitrogens with one attached hydrogen (secondary N) is 1. The molecule has 0 amide bonds. The highest BCUT2D eigenvalue weighted by atomic mass is 19.3. The van der Waals surface area contributed by atoms with E-state index in [2.05, 4.69) is 10.1 Å². The minimum atomic E-state index is -2.94. The molecule has 16 heavy (non-hydrogen) atoms. The molecule has 1 fully saturated rings. The van der Waals surface area contributed by atoms with Crippen LogP contribution in [0.15, 0.2) is 18.2 Å². The number of alkyl halides is 2. The van der Waals surface area contributed by atoms with E-state index in [1.807, 2.05) is 0 Å². The Labute approximate surface area is 91.4 Å². The topological polar surface area (TPSA) is 21.3 Å². The average molecular weight is 231 g/mol. The molecule has 0 aromatic heterocycles. The van der Waals surface area contributed by atoms with Gasteiger partial charge in [0.25, 0.3) is 0 Å². The van der Waals surface area contributed by atoms with Gasteiger partial charge in [0.2, 0.25) is 0 Å². The van der Waals surface area contributed by atoms with Crippen LogP contribution in [-0.4, -0.2) is 12.7 Å². The van der Waals surface area contributed by atoms with E-state index in [-0.39, 0.29) is 11.8 Å². The van der Waals surface area contributed by atoms with Crippen LogP contribution in [-0.2, 0) is 0 Å². The van der Waals surface area contributed by atoms with Gasteiger partial charge in [-0.2, -0.15) is 8.78 Å². The lowest BCUT2D eigenvalue weighted by molar-refractivity contribution is -0.0495. The Hall–Kier alpha value is -1.39. The normalized spacial score (nSPS) is 16.0. The van der Waals surface area contributed by atoms with Crippen molar-refractivity contribution in [2.45, 2.75) is 31.9 Å². The van der Waals surface area contributed by atoms with Gasteiger partial charge >= 0.3 is 6.61 Å². The smallest absolute Gasteiger partial charge is 0.387 e. The van der Waals surface area contributed by atoms with E-state index >= 15 is 0 Å². The first-order chi connectivity index (χ1) is 7.65. The lowest BCUT2D eigenvalue weighted by Crippen LogP contribution is -2.27. The highest BCUT2D eigenvalue weighted by Gasteiger charge is 2.19. The summed E-state index contributed by atoms with van der Waals surface area (Å²) in [7, 11) is 0. The Morgan fingerprint density at radius 2 is 2.06 bits per heavy atom. The van der Waals surface area contributed by atoms with E-state index in [1.54, 1.807) is 0 Å². The van der Waals surface area contributed by atoms with Gasteiger partial charge in [-0.1, -0.05) is 0 Å². The highest BCUT2D eigenvalue weighted by molar-refractivity contribution is 5.57. The lowest BCUT2D eigenvalue weighted by Gasteiger charge is -2.28. The minimum Gasteiger partial charge on any atom is -0.433 e. The van der Waals surface area contributed by atoms with Gasteiger partial charge in [-0.3, -0.25) is 0 Å². The third kappa shape index (κ3) is 2.59. The van der Waals surface area contributed by atoms with E-state index in [4.69, 9.17) is 0 Å². The van der Waals surface area contributed by atoms with Crippen molar-refractivity contribution in [1.82, 2.24) is 0 Å². The van der Waals surface area contributed by atoms with Crippen LogP contribution in [0.1, 0.15) is 19.3 Å². The number of hydrogen-bond acceptors (Lipinski definition) is 2. The maximum atomic E-state index is 12.9. The van der Waals surface area contributed by atoms with Crippen molar-refractivity contribution < 1.29 is 17.9 Å². The Morgan fingerprint density at radius 3 is 2.62 bits per heavy atom. The molecule has 2 nitrogen and oxygen atoms in total. The van der Waals surface area contributed by atoms with Crippen molar-refractivity contribution in [3.05, 3.63) is 24.0 Å². The van der Waals surface area contributed by atoms with Crippen LogP contribution in [0.2, 0.25) is 0 Å². The average Bonchev–Trinajstić information content (AvgIpc) is 2.12. The van der Waals surface area contributed by atoms with Crippen LogP contribution in [0.4, 0.5) is 18.9 Å². The van der Waals surface area contributed by atoms with Gasteiger partial charge in [0, 0.05) is 12.1 Å². The molecule has 1 aliphatic rings. The molecule has 0 atom stereocenters. The Kier molecular flexibility index (Phi) is 3.22. The number of halogens is 3. The Morgan fingerprint density at radius 1 is 1.31 bits per heavy atom. The first-order valence-corrected chi connectivity index (χ1v) is 5.16. The molecule has 0 spiro atoms. The SMILES string of the molecule is Fc1ccc(NC2CCC2)c(OC(F)F)c1. The predicted molar refractivity (Wildman–Crippen MR) is 54.3 cm³/mol. The Balaban J connectivity index is 2.13. The molecule has 2 rings (SSSR count). The second-order valence-corrected chi connectivity index (χ2v) is 3.79. The van der Waals surface area contributed by atoms with Crippen LogP contribution >= 0.6 is 0 Å². The molecule has 1 aromatic rings. The summed E-state index contributed by atoms with van der Waals surface area (Å²) in [5.41, 5.74) is 0.423. The van der Waals surface area contributed by atoms with Crippen LogP contribution in [0.25, 0.3) is 0 Å². The molecule has 0 unspecified atom stereocenters. The van der Waals surface area contributed by atoms with Crippen molar-refractivity contribution in [2.24, 2.45) is 0 Å². The number of hydrogen-bond donors (Lipinski definition) is 1. The standard InChI is InChI=1S/C11H12F3NO/c12-7-4-5-9(15-8-2-1-3-8)10(6-7)16-11(13)14/h4-6,8,11,15H,1-3H2. The molecule has 1 aliphatic carbocycles. The molecule has 1 saturated carbocycles. The zero-order valence-electron chi connectivity index (χ0n) is 8.55. The fourth-order valence-electron chi connectivity index (χ4n) is 1.58. The molecule has 1 N–H and O–H groups in total. The number of anilines is 1. The molecule has 5 heteroatoms. The summed E-state index contributed by atoms with van der Waals surface area (Å²) in [6.07, 6.45) is 3.14. The molecule has 0 radical (unpaired) electrons. The number of rotatable bonds is 4. The summed E-state index contributed by atoms with van der Waals surface area (Å²) in [6, 6.07) is 3.89. The molecule has 0 heterocycles. The van der Waals surface area contributed by atoms with Gasteiger partial charge < -0.3 is 10.1 Å². The molecule has 1 aromatic carbocycles. The number of ether oxygens (including phenoxy) is 1. The maximum absolute atomic E-state index is 12.9. The molecule has 0 aliphatic heterocycles. The van der Waals surface area contributed by atoms with Gasteiger partial charge in [-0.05, 0) is 31.4 Å². The molecular formula is C11H12F3NO. The zero-order chi connectivity index (χ0) is 11.5. The van der Waals surface area contributed by atoms with E-state index in [1.165, 1.54) is 12.1 Å². The van der Waals surface area contributed by atoms with E-state index in [0.29, 0.717) is 5.69 Å². The third-order valence-corrected chi connectivity index (χ3v) is 2.62. The van der Waals surface area contributed by atoms with Gasteiger partial charge in [-0.25, -0.2) is 4.39 Å². The first kappa shape index (κ1) is 11.1. The van der Waals surface area contributed by atoms with Crippen molar-refractivity contribution in [1.29, 1.82) is 0 Å². The monoisotopic (exact) mass is 231 g/mol. The van der Waals surface area contributed by atoms with Gasteiger partial charge in [-0.15, -0.1) is 0 Å². The van der Waals surface area contributed by atoms with Crippen LogP contribution < -0.4 is 10.1 Å². The quantitative estimate of drug-likeness (QED) is 0.857. The van der Waals surface area contributed by atoms with E-state index in [0.717, 1.165) is 25.3 Å². The van der Waals surface area contributed by atoms with Gasteiger partial charge in [0.15, 0.2) is 5.75 Å². The summed E-state index contributed by atoms with van der Waals surface area (Å²) >= 11 is 0. The Bertz CT molecular complexity index is 366. The highest BCUT2D eigenvalue weighted by Crippen LogP contribution is 2.31. The summed E-state index contributed by atoms with van der Waals surface area (Å²) in [5.74, 6) is -0.725. The zero-order valence-corrected chi connectivity index (χ0v) is 8.55. The third-order valence-electron chi connectivity index (χ3n) is 2.62. The van der Waals surface area contributed by atoms with Crippen molar-refractivity contribution in [3.63, 3.8) is 0 Å². The summed E-state index contributed by atoms with van der Waals surface area (Å²) < 4.78 is 41.3. The van der Waals surface area contributed by atoms with Crippen molar-refractivity contribution >= 4 is 5.69 Å². The summed E-state index contributed by atoms with van der Waals surface area (Å²) in [6.45, 7) is -2.94. The number of benzene rings is 1. The lowest BCUT2D eigenvalue weighted by atomic mass is 9.93. The second kappa shape index (κ2) is 4.63. The van der Waals surface area contributed by atoms with Crippen molar-refractivity contribution in [2.75, 3.05) is 5.32 Å².